The average molecular weight is 1190 g/mol. The Hall–Kier alpha value is -4.39. The van der Waals surface area contributed by atoms with E-state index in [0.29, 0.717) is 0 Å². The molecule has 0 aromatic rings. The normalized spacial score (nSPS) is 33.2. The van der Waals surface area contributed by atoms with Crippen molar-refractivity contribution >= 4 is 41.6 Å². The molecule has 6 amide bonds. The van der Waals surface area contributed by atoms with Crippen molar-refractivity contribution in [2.45, 2.75) is 256 Å². The summed E-state index contributed by atoms with van der Waals surface area (Å²) < 4.78 is 78.9. The largest absolute Gasteiger partial charge is 0.481 e. The molecule has 6 fully saturated rings. The van der Waals surface area contributed by atoms with Gasteiger partial charge in [0.05, 0.1) is 54.7 Å². The van der Waals surface area contributed by atoms with Crippen LogP contribution in [0.3, 0.4) is 0 Å². The zero-order chi connectivity index (χ0) is 61.4. The molecule has 0 saturated carbocycles. The van der Waals surface area contributed by atoms with Gasteiger partial charge in [-0.15, -0.1) is 0 Å². The highest BCUT2D eigenvalue weighted by atomic mass is 16.8. The summed E-state index contributed by atoms with van der Waals surface area (Å²) in [6.07, 6.45) is -9.13. The topological polar surface area (TPSA) is 332 Å². The van der Waals surface area contributed by atoms with Gasteiger partial charge in [0.25, 0.3) is 0 Å². The van der Waals surface area contributed by atoms with Crippen LogP contribution in [0, 0.1) is 17.8 Å². The number of methoxy groups -OCH3 is 3. The molecule has 0 aromatic carbocycles. The molecule has 474 valence electrons. The molecule has 27 nitrogen and oxygen atoms in total. The van der Waals surface area contributed by atoms with Crippen LogP contribution in [0.2, 0.25) is 0 Å². The predicted octanol–water partition coefficient (Wildman–Crippen LogP) is 2.38. The van der Waals surface area contributed by atoms with Gasteiger partial charge in [0.15, 0.2) is 36.2 Å². The summed E-state index contributed by atoms with van der Waals surface area (Å²) in [5.74, 6) is -7.25. The number of hydrogen-bond acceptors (Lipinski definition) is 20. The molecule has 6 aliphatic heterocycles. The summed E-state index contributed by atoms with van der Waals surface area (Å²) in [4.78, 5) is 92.5. The molecular weight excluding hydrogens is 1090 g/mol. The van der Waals surface area contributed by atoms with E-state index in [2.05, 4.69) is 31.9 Å². The lowest BCUT2D eigenvalue weighted by molar-refractivity contribution is -0.243. The minimum Gasteiger partial charge on any atom is -0.481 e. The minimum atomic E-state index is -1.00. The summed E-state index contributed by atoms with van der Waals surface area (Å²) in [5.41, 5.74) is -0.827. The molecule has 0 spiro atoms. The second-order valence-corrected chi connectivity index (χ2v) is 24.9. The molecule has 18 atom stereocenters. The maximum atomic E-state index is 13.9. The Morgan fingerprint density at radius 2 is 0.771 bits per heavy atom. The number of aliphatic carboxylic acids is 1. The first-order chi connectivity index (χ1) is 38.8. The van der Waals surface area contributed by atoms with E-state index in [-0.39, 0.29) is 89.3 Å². The number of alkyl carbamates (subject to hydrolysis) is 1. The van der Waals surface area contributed by atoms with Gasteiger partial charge < -0.3 is 98.6 Å². The fourth-order valence-corrected chi connectivity index (χ4v) is 12.0. The third kappa shape index (κ3) is 18.8. The Bertz CT molecular complexity index is 2230. The van der Waals surface area contributed by atoms with Gasteiger partial charge in [0, 0.05) is 97.2 Å². The van der Waals surface area contributed by atoms with Crippen molar-refractivity contribution < 1.29 is 100 Å². The number of carbonyl (C=O) groups is 7. The van der Waals surface area contributed by atoms with Crippen LogP contribution in [0.4, 0.5) is 4.79 Å². The van der Waals surface area contributed by atoms with Crippen LogP contribution in [-0.2, 0) is 90.3 Å². The molecule has 0 aliphatic carbocycles. The number of rotatable bonds is 27. The van der Waals surface area contributed by atoms with Gasteiger partial charge in [-0.25, -0.2) is 4.79 Å². The van der Waals surface area contributed by atoms with Gasteiger partial charge in [-0.2, -0.15) is 0 Å². The third-order valence-corrected chi connectivity index (χ3v) is 15.5. The quantitative estimate of drug-likeness (QED) is 0.0581. The van der Waals surface area contributed by atoms with Crippen molar-refractivity contribution in [1.29, 1.82) is 0 Å². The molecule has 83 heavy (non-hydrogen) atoms. The molecule has 3 unspecified atom stereocenters. The highest BCUT2D eigenvalue weighted by molar-refractivity contribution is 5.81. The summed E-state index contributed by atoms with van der Waals surface area (Å²) in [5, 5.41) is 26.3. The van der Waals surface area contributed by atoms with Gasteiger partial charge in [-0.1, -0.05) is 20.8 Å². The number of carboxylic acid groups (broad SMARTS) is 1. The van der Waals surface area contributed by atoms with E-state index in [0.717, 1.165) is 0 Å². The number of carboxylic acids is 1. The lowest BCUT2D eigenvalue weighted by Gasteiger charge is -2.43. The maximum Gasteiger partial charge on any atom is 0.407 e. The van der Waals surface area contributed by atoms with E-state index in [1.807, 2.05) is 20.8 Å². The molecular formula is C56H94N6O21. The minimum absolute atomic E-state index is 0.0534. The second-order valence-electron chi connectivity index (χ2n) is 24.9. The van der Waals surface area contributed by atoms with Crippen LogP contribution in [0.5, 0.6) is 0 Å². The summed E-state index contributed by atoms with van der Waals surface area (Å²) in [6.45, 7) is 21.6. The lowest BCUT2D eigenvalue weighted by Crippen LogP contribution is -2.60. The number of hydrogen-bond donors (Lipinski definition) is 7. The van der Waals surface area contributed by atoms with Gasteiger partial charge >= 0.3 is 12.1 Å². The molecule has 6 rings (SSSR count). The SMILES string of the molecule is CO[C@@H]1[C@H]2OC(C)(C)O[C@H]2OC([C@H](CC(=O)NCCCC(=O)O)NC(=O)CCCNC(=O)C[C@H](NC(=O)CCCNC(=O)C[C@H](NC(=O)OC(C)(C)C)C2O[C@@H]3OC(C)(C)O[C@@H]3[C@@H](OC)[C@@H]2C)C2O[C@@H]3OC(C)(C)O[C@@H]3[C@@H](OC)[C@@H]2C)[C@H]1C. The molecule has 7 N–H and O–H groups in total. The van der Waals surface area contributed by atoms with Crippen molar-refractivity contribution in [1.82, 2.24) is 31.9 Å². The van der Waals surface area contributed by atoms with Crippen LogP contribution in [0.15, 0.2) is 0 Å². The Kier molecular flexibility index (Phi) is 23.6. The molecule has 6 aliphatic rings. The van der Waals surface area contributed by atoms with Gasteiger partial charge in [0.1, 0.15) is 23.9 Å². The summed E-state index contributed by atoms with van der Waals surface area (Å²) >= 11 is 0. The van der Waals surface area contributed by atoms with E-state index < -0.39 is 162 Å². The van der Waals surface area contributed by atoms with Crippen molar-refractivity contribution in [2.75, 3.05) is 41.0 Å². The van der Waals surface area contributed by atoms with Crippen molar-refractivity contribution in [2.24, 2.45) is 17.8 Å². The molecule has 6 heterocycles. The number of ether oxygens (including phenoxy) is 13. The van der Waals surface area contributed by atoms with E-state index >= 15 is 0 Å². The van der Waals surface area contributed by atoms with Crippen molar-refractivity contribution in [3.05, 3.63) is 0 Å². The first-order valence-electron chi connectivity index (χ1n) is 29.1. The third-order valence-electron chi connectivity index (χ3n) is 15.5. The van der Waals surface area contributed by atoms with E-state index in [4.69, 9.17) is 66.7 Å². The monoisotopic (exact) mass is 1190 g/mol. The van der Waals surface area contributed by atoms with Crippen LogP contribution in [0.25, 0.3) is 0 Å². The van der Waals surface area contributed by atoms with E-state index in [1.54, 1.807) is 83.6 Å². The molecule has 0 radical (unpaired) electrons. The maximum absolute atomic E-state index is 13.9. The fraction of sp³-hybridized carbons (Fsp3) is 0.875. The number of amides is 6. The van der Waals surface area contributed by atoms with Crippen LogP contribution < -0.4 is 31.9 Å². The van der Waals surface area contributed by atoms with Crippen LogP contribution in [-0.4, -0.2) is 203 Å². The number of carbonyl (C=O) groups excluding carboxylic acids is 6. The molecule has 0 aromatic heterocycles. The average Bonchev–Trinajstić information content (AvgIpc) is 4.13. The first-order valence-corrected chi connectivity index (χ1v) is 29.1. The second kappa shape index (κ2) is 28.9. The van der Waals surface area contributed by atoms with Crippen molar-refractivity contribution in [3.8, 4) is 0 Å². The summed E-state index contributed by atoms with van der Waals surface area (Å²) in [7, 11) is 4.63. The predicted molar refractivity (Wildman–Crippen MR) is 291 cm³/mol. The standard InChI is InChI=1S/C56H94N6O21/c1-28-40(74-49-46(43(28)71-13)77-54(7,8)80-49)31(60-35(64)20-17-23-58-38(67)27-33(62-52(70)83-53(4,5)6)42-30(3)45(73-15)48-51(76-42)82-56(11,12)79-48)25-36(65)57-22-16-19-34(63)61-32(26-37(66)59-24-18-21-39(68)69)41-29(2)44(72-14)47-50(75-41)81-55(9,10)78-47/h28-33,40-51H,16-27H2,1-15H3,(H,57,65)(H,58,67)(H,59,66)(H,60,64)(H,61,63)(H,62,70)(H,68,69)/t28-,29-,30-,31+,32+,33+,40?,41?,42?,43+,44+,45+,46-,47-,48-,49-,50-,51-/m1/s1. The van der Waals surface area contributed by atoms with Crippen molar-refractivity contribution in [3.63, 3.8) is 0 Å². The number of fused-ring (bicyclic) bond motifs is 3. The smallest absolute Gasteiger partial charge is 0.407 e. The highest BCUT2D eigenvalue weighted by Gasteiger charge is 2.58. The van der Waals surface area contributed by atoms with E-state index in [1.165, 1.54) is 0 Å². The van der Waals surface area contributed by atoms with Gasteiger partial charge in [-0.3, -0.25) is 28.8 Å². The molecule has 6 saturated heterocycles. The van der Waals surface area contributed by atoms with Gasteiger partial charge in [-0.05, 0) is 81.6 Å². The zero-order valence-electron chi connectivity index (χ0n) is 51.0. The van der Waals surface area contributed by atoms with E-state index in [9.17, 15) is 33.6 Å². The first kappa shape index (κ1) is 67.7. The molecule has 0 bridgehead atoms. The fourth-order valence-electron chi connectivity index (χ4n) is 12.0. The zero-order valence-corrected chi connectivity index (χ0v) is 51.0. The summed E-state index contributed by atoms with van der Waals surface area (Å²) in [6, 6.07) is -2.65. The Balaban J connectivity index is 1.06. The lowest BCUT2D eigenvalue weighted by atomic mass is 9.85. The van der Waals surface area contributed by atoms with Crippen LogP contribution in [0.1, 0.15) is 141 Å². The Labute approximate surface area is 486 Å². The Morgan fingerprint density at radius 1 is 0.470 bits per heavy atom. The number of nitrogens with one attached hydrogen (secondary N) is 6. The highest BCUT2D eigenvalue weighted by Crippen LogP contribution is 2.44. The van der Waals surface area contributed by atoms with Gasteiger partial charge in [0.2, 0.25) is 29.5 Å². The molecule has 27 heteroatoms. The van der Waals surface area contributed by atoms with Crippen LogP contribution >= 0.6 is 0 Å². The Morgan fingerprint density at radius 3 is 1.06 bits per heavy atom.